The Morgan fingerprint density at radius 1 is 1.02 bits per heavy atom. The van der Waals surface area contributed by atoms with Crippen LogP contribution in [0.1, 0.15) is 57.8 Å². The highest BCUT2D eigenvalue weighted by molar-refractivity contribution is 7.92. The molecule has 1 saturated heterocycles. The lowest BCUT2D eigenvalue weighted by Gasteiger charge is -2.40. The lowest BCUT2D eigenvalue weighted by molar-refractivity contribution is 0.0812. The van der Waals surface area contributed by atoms with Crippen LogP contribution in [0.4, 0.5) is 5.69 Å². The summed E-state index contributed by atoms with van der Waals surface area (Å²) >= 11 is 12.8. The van der Waals surface area contributed by atoms with Gasteiger partial charge in [-0.3, -0.25) is 9.10 Å². The number of oxime groups is 1. The average Bonchev–Trinajstić information content (AvgIpc) is 3.33. The number of benzene rings is 3. The number of likely N-dealkylation sites (tertiary alicyclic amines) is 1. The van der Waals surface area contributed by atoms with Gasteiger partial charge >= 0.3 is 0 Å². The Labute approximate surface area is 283 Å². The summed E-state index contributed by atoms with van der Waals surface area (Å²) in [5.41, 5.74) is 6.08. The zero-order chi connectivity index (χ0) is 33.2. The van der Waals surface area contributed by atoms with E-state index in [-0.39, 0.29) is 23.8 Å². The first-order chi connectivity index (χ1) is 21.8. The van der Waals surface area contributed by atoms with Crippen molar-refractivity contribution >= 4 is 50.5 Å². The first-order valence-corrected chi connectivity index (χ1v) is 18.1. The summed E-state index contributed by atoms with van der Waals surface area (Å²) in [4.78, 5) is 22.9. The summed E-state index contributed by atoms with van der Waals surface area (Å²) < 4.78 is 26.9. The number of halogens is 2. The number of carbonyl (C=O) groups is 1. The summed E-state index contributed by atoms with van der Waals surface area (Å²) in [5, 5.41) is 5.37. The van der Waals surface area contributed by atoms with E-state index in [0.717, 1.165) is 60.4 Å². The number of sulfonamides is 1. The van der Waals surface area contributed by atoms with Gasteiger partial charge in [-0.25, -0.2) is 8.42 Å². The first kappa shape index (κ1) is 34.2. The number of aryl methyl sites for hydroxylation is 2. The van der Waals surface area contributed by atoms with E-state index < -0.39 is 10.0 Å². The van der Waals surface area contributed by atoms with Crippen LogP contribution in [0, 0.1) is 13.8 Å². The molecule has 2 aliphatic heterocycles. The van der Waals surface area contributed by atoms with Crippen LogP contribution < -0.4 is 4.31 Å². The minimum absolute atomic E-state index is 0.0928. The largest absolute Gasteiger partial charge is 0.399 e. The summed E-state index contributed by atoms with van der Waals surface area (Å²) in [5.74, 6) is -0.280. The number of fused-ring (bicyclic) bond motifs is 2. The van der Waals surface area contributed by atoms with Crippen LogP contribution >= 0.6 is 23.2 Å². The van der Waals surface area contributed by atoms with Crippen molar-refractivity contribution in [2.24, 2.45) is 5.16 Å². The van der Waals surface area contributed by atoms with Crippen molar-refractivity contribution in [1.29, 1.82) is 0 Å². The Morgan fingerprint density at radius 3 is 2.33 bits per heavy atom. The number of nitrogens with zero attached hydrogens (tertiary/aromatic N) is 4. The third kappa shape index (κ3) is 7.38. The molecular weight excluding hydrogens is 643 g/mol. The number of carbonyl (C=O) groups excluding carboxylic acids is 1. The molecule has 1 unspecified atom stereocenters. The second kappa shape index (κ2) is 13.9. The van der Waals surface area contributed by atoms with Crippen LogP contribution in [-0.2, 0) is 20.3 Å². The minimum atomic E-state index is -3.37. The van der Waals surface area contributed by atoms with Crippen molar-refractivity contribution in [3.8, 4) is 0 Å². The fraction of sp³-hybridized carbons (Fsp3) is 0.429. The van der Waals surface area contributed by atoms with Crippen LogP contribution in [0.25, 0.3) is 0 Å². The van der Waals surface area contributed by atoms with Gasteiger partial charge < -0.3 is 14.6 Å². The molecule has 11 heteroatoms. The van der Waals surface area contributed by atoms with Gasteiger partial charge in [0.15, 0.2) is 0 Å². The van der Waals surface area contributed by atoms with Crippen LogP contribution in [0.2, 0.25) is 10.0 Å². The Kier molecular flexibility index (Phi) is 10.4. The van der Waals surface area contributed by atoms with Crippen molar-refractivity contribution in [3.05, 3.63) is 98.5 Å². The molecule has 0 N–H and O–H groups in total. The zero-order valence-electron chi connectivity index (χ0n) is 27.1. The smallest absolute Gasteiger partial charge is 0.253 e. The van der Waals surface area contributed by atoms with E-state index in [2.05, 4.69) is 16.1 Å². The van der Waals surface area contributed by atoms with E-state index in [0.29, 0.717) is 34.3 Å². The van der Waals surface area contributed by atoms with Gasteiger partial charge in [-0.05, 0) is 94.2 Å². The summed E-state index contributed by atoms with van der Waals surface area (Å²) in [6, 6.07) is 19.4. The minimum Gasteiger partial charge on any atom is -0.399 e. The topological polar surface area (TPSA) is 82.5 Å². The number of amides is 1. The van der Waals surface area contributed by atoms with Gasteiger partial charge in [0.25, 0.3) is 5.91 Å². The van der Waals surface area contributed by atoms with Gasteiger partial charge in [0.2, 0.25) is 10.0 Å². The second-order valence-corrected chi connectivity index (χ2v) is 15.4. The molecule has 46 heavy (non-hydrogen) atoms. The molecule has 2 heterocycles. The van der Waals surface area contributed by atoms with Gasteiger partial charge in [0.1, 0.15) is 7.11 Å². The molecule has 0 radical (unpaired) electrons. The number of anilines is 1. The standard InChI is InChI=1S/C35H42Cl2N4O4S/c1-24-18-25(2)20-27(19-24)34(42)39(3)22-32(38-45-4)28(26-10-11-30(36)31(37)21-26)12-15-40-16-13-35(14-17-40)23-41(46(5,43)44)33-9-7-6-8-29(33)35/h6-11,18-21,28H,12-17,22-23H2,1-5H3/b38-32+. The molecule has 1 fully saturated rings. The predicted molar refractivity (Wildman–Crippen MR) is 187 cm³/mol. The van der Waals surface area contributed by atoms with E-state index in [9.17, 15) is 13.2 Å². The molecule has 246 valence electrons. The van der Waals surface area contributed by atoms with E-state index in [1.807, 2.05) is 62.4 Å². The van der Waals surface area contributed by atoms with Gasteiger partial charge in [0.05, 0.1) is 34.2 Å². The molecule has 0 saturated carbocycles. The zero-order valence-corrected chi connectivity index (χ0v) is 29.4. The molecule has 3 aromatic carbocycles. The number of hydrogen-bond donors (Lipinski definition) is 0. The van der Waals surface area contributed by atoms with E-state index in [4.69, 9.17) is 28.0 Å². The number of hydrogen-bond acceptors (Lipinski definition) is 6. The number of piperidine rings is 1. The van der Waals surface area contributed by atoms with Crippen LogP contribution in [-0.4, -0.2) is 83.0 Å². The average molecular weight is 686 g/mol. The normalized spacial score (nSPS) is 17.2. The first-order valence-electron chi connectivity index (χ1n) is 15.5. The second-order valence-electron chi connectivity index (χ2n) is 12.7. The molecule has 3 aromatic rings. The highest BCUT2D eigenvalue weighted by Crippen LogP contribution is 2.48. The molecule has 2 aliphatic rings. The summed E-state index contributed by atoms with van der Waals surface area (Å²) in [7, 11) is -0.0774. The Bertz CT molecular complexity index is 1720. The van der Waals surface area contributed by atoms with Gasteiger partial charge in [-0.1, -0.05) is 69.8 Å². The molecule has 0 aliphatic carbocycles. The maximum absolute atomic E-state index is 13.5. The molecule has 1 amide bonds. The SMILES string of the molecule is CO/N=C(\CN(C)C(=O)c1cc(C)cc(C)c1)C(CCN1CCC2(CC1)CN(S(C)(=O)=O)c1ccccc12)c1ccc(Cl)c(Cl)c1. The number of para-hydroxylation sites is 1. The highest BCUT2D eigenvalue weighted by Gasteiger charge is 2.46. The van der Waals surface area contributed by atoms with Gasteiger partial charge in [-0.2, -0.15) is 0 Å². The van der Waals surface area contributed by atoms with Crippen molar-refractivity contribution in [3.63, 3.8) is 0 Å². The lowest BCUT2D eigenvalue weighted by atomic mass is 9.74. The van der Waals surface area contributed by atoms with E-state index in [1.54, 1.807) is 22.3 Å². The molecule has 5 rings (SSSR count). The molecule has 1 spiro atoms. The third-order valence-corrected chi connectivity index (χ3v) is 11.2. The monoisotopic (exact) mass is 684 g/mol. The van der Waals surface area contributed by atoms with Gasteiger partial charge in [-0.15, -0.1) is 0 Å². The number of rotatable bonds is 10. The Morgan fingerprint density at radius 2 is 1.70 bits per heavy atom. The Balaban J connectivity index is 1.34. The Hall–Kier alpha value is -3.11. The van der Waals surface area contributed by atoms with Crippen molar-refractivity contribution < 1.29 is 18.0 Å². The van der Waals surface area contributed by atoms with E-state index in [1.165, 1.54) is 13.4 Å². The van der Waals surface area contributed by atoms with Crippen LogP contribution in [0.15, 0.2) is 65.8 Å². The molecule has 1 atom stereocenters. The fourth-order valence-electron chi connectivity index (χ4n) is 7.03. The molecule has 0 aromatic heterocycles. The molecule has 0 bridgehead atoms. The van der Waals surface area contributed by atoms with Crippen molar-refractivity contribution in [1.82, 2.24) is 9.80 Å². The van der Waals surface area contributed by atoms with Gasteiger partial charge in [0, 0.05) is 30.5 Å². The maximum atomic E-state index is 13.5. The third-order valence-electron chi connectivity index (χ3n) is 9.31. The molecular formula is C35H42Cl2N4O4S. The quantitative estimate of drug-likeness (QED) is 0.176. The van der Waals surface area contributed by atoms with Crippen LogP contribution in [0.3, 0.4) is 0 Å². The fourth-order valence-corrected chi connectivity index (χ4v) is 8.34. The van der Waals surface area contributed by atoms with Crippen molar-refractivity contribution in [2.75, 3.05) is 57.4 Å². The van der Waals surface area contributed by atoms with E-state index >= 15 is 0 Å². The summed E-state index contributed by atoms with van der Waals surface area (Å²) in [6.45, 7) is 7.16. The maximum Gasteiger partial charge on any atom is 0.253 e. The van der Waals surface area contributed by atoms with Crippen LogP contribution in [0.5, 0.6) is 0 Å². The highest BCUT2D eigenvalue weighted by atomic mass is 35.5. The molecule has 8 nitrogen and oxygen atoms in total. The predicted octanol–water partition coefficient (Wildman–Crippen LogP) is 6.67. The summed E-state index contributed by atoms with van der Waals surface area (Å²) in [6.07, 6.45) is 3.72. The van der Waals surface area contributed by atoms with Crippen molar-refractivity contribution in [2.45, 2.75) is 44.4 Å². The lowest BCUT2D eigenvalue weighted by Crippen LogP contribution is -2.46.